The molecule has 6 heteroatoms. The Hall–Kier alpha value is -3.38. The Kier molecular flexibility index (Phi) is 7.75. The van der Waals surface area contributed by atoms with Crippen LogP contribution >= 0.6 is 0 Å². The second-order valence-corrected chi connectivity index (χ2v) is 10.3. The van der Waals surface area contributed by atoms with Gasteiger partial charge in [-0.25, -0.2) is 0 Å². The van der Waals surface area contributed by atoms with Crippen LogP contribution in [0.4, 0.5) is 5.69 Å². The topological polar surface area (TPSA) is 54.8 Å². The number of aromatic nitrogens is 1. The van der Waals surface area contributed by atoms with Crippen molar-refractivity contribution >= 4 is 11.6 Å². The molecule has 194 valence electrons. The smallest absolute Gasteiger partial charge is 0.259 e. The SMILES string of the molecule is Cc1ccccc1N1CCN(C(=O)c2c(CCc3ccccc3)n(CC3CCCO3)c(C)cc2=O)CC1. The van der Waals surface area contributed by atoms with Crippen LogP contribution in [-0.2, 0) is 24.1 Å². The molecule has 2 aromatic carbocycles. The number of nitrogens with zero attached hydrogens (tertiary/aromatic N) is 3. The van der Waals surface area contributed by atoms with E-state index in [9.17, 15) is 9.59 Å². The van der Waals surface area contributed by atoms with Crippen LogP contribution in [0.1, 0.15) is 45.7 Å². The van der Waals surface area contributed by atoms with Crippen LogP contribution in [0.5, 0.6) is 0 Å². The monoisotopic (exact) mass is 499 g/mol. The highest BCUT2D eigenvalue weighted by molar-refractivity contribution is 5.95. The molecule has 6 nitrogen and oxygen atoms in total. The molecular formula is C31H37N3O3. The van der Waals surface area contributed by atoms with Crippen molar-refractivity contribution in [3.05, 3.63) is 99.0 Å². The van der Waals surface area contributed by atoms with Gasteiger partial charge in [0.1, 0.15) is 5.56 Å². The van der Waals surface area contributed by atoms with Gasteiger partial charge < -0.3 is 19.1 Å². The van der Waals surface area contributed by atoms with Crippen LogP contribution in [0, 0.1) is 13.8 Å². The third-order valence-electron chi connectivity index (χ3n) is 7.77. The highest BCUT2D eigenvalue weighted by Gasteiger charge is 2.29. The van der Waals surface area contributed by atoms with Crippen molar-refractivity contribution in [3.8, 4) is 0 Å². The van der Waals surface area contributed by atoms with Gasteiger partial charge in [-0.2, -0.15) is 0 Å². The number of carbonyl (C=O) groups excluding carboxylic acids is 1. The summed E-state index contributed by atoms with van der Waals surface area (Å²) in [6.45, 7) is 8.26. The second kappa shape index (κ2) is 11.3. The summed E-state index contributed by atoms with van der Waals surface area (Å²) in [5, 5.41) is 0. The number of piperazine rings is 1. The largest absolute Gasteiger partial charge is 0.376 e. The fraction of sp³-hybridized carbons (Fsp3) is 0.419. The molecule has 0 saturated carbocycles. The first-order chi connectivity index (χ1) is 18.0. The van der Waals surface area contributed by atoms with Crippen LogP contribution < -0.4 is 10.3 Å². The first-order valence-electron chi connectivity index (χ1n) is 13.5. The molecule has 1 amide bonds. The van der Waals surface area contributed by atoms with Gasteiger partial charge >= 0.3 is 0 Å². The third-order valence-corrected chi connectivity index (χ3v) is 7.77. The number of rotatable bonds is 7. The van der Waals surface area contributed by atoms with E-state index in [0.29, 0.717) is 31.6 Å². The normalized spacial score (nSPS) is 17.8. The minimum atomic E-state index is -0.171. The van der Waals surface area contributed by atoms with Crippen molar-refractivity contribution in [1.82, 2.24) is 9.47 Å². The number of benzene rings is 2. The zero-order chi connectivity index (χ0) is 25.8. The summed E-state index contributed by atoms with van der Waals surface area (Å²) in [4.78, 5) is 31.5. The Morgan fingerprint density at radius 1 is 0.946 bits per heavy atom. The number of aryl methyl sites for hydroxylation is 3. The summed E-state index contributed by atoms with van der Waals surface area (Å²) in [5.74, 6) is -0.140. The predicted octanol–water partition coefficient (Wildman–Crippen LogP) is 4.39. The standard InChI is InChI=1S/C31H37N3O3/c1-23-9-6-7-13-27(23)32-16-18-33(19-17-32)31(36)30-28(15-14-25-10-4-3-5-11-25)34(24(2)21-29(30)35)22-26-12-8-20-37-26/h3-7,9-11,13,21,26H,8,12,14-20,22H2,1-2H3. The molecule has 0 N–H and O–H groups in total. The number of anilines is 1. The molecule has 3 heterocycles. The van der Waals surface area contributed by atoms with E-state index >= 15 is 0 Å². The molecular weight excluding hydrogens is 462 g/mol. The number of carbonyl (C=O) groups is 1. The number of ether oxygens (including phenoxy) is 1. The van der Waals surface area contributed by atoms with Crippen molar-refractivity contribution in [2.75, 3.05) is 37.7 Å². The number of hydrogen-bond donors (Lipinski definition) is 0. The molecule has 2 aliphatic heterocycles. The number of amides is 1. The third kappa shape index (κ3) is 5.64. The molecule has 37 heavy (non-hydrogen) atoms. The average molecular weight is 500 g/mol. The summed E-state index contributed by atoms with van der Waals surface area (Å²) in [7, 11) is 0. The Morgan fingerprint density at radius 3 is 2.38 bits per heavy atom. The first kappa shape index (κ1) is 25.3. The molecule has 0 bridgehead atoms. The Labute approximate surface area is 219 Å². The average Bonchev–Trinajstić information content (AvgIpc) is 3.43. The molecule has 2 aliphatic rings. The predicted molar refractivity (Wildman–Crippen MR) is 148 cm³/mol. The van der Waals surface area contributed by atoms with Crippen molar-refractivity contribution in [2.24, 2.45) is 0 Å². The van der Waals surface area contributed by atoms with E-state index in [-0.39, 0.29) is 17.4 Å². The minimum Gasteiger partial charge on any atom is -0.376 e. The molecule has 1 unspecified atom stereocenters. The van der Waals surface area contributed by atoms with Gasteiger partial charge in [-0.15, -0.1) is 0 Å². The van der Waals surface area contributed by atoms with Crippen molar-refractivity contribution in [1.29, 1.82) is 0 Å². The lowest BCUT2D eigenvalue weighted by Crippen LogP contribution is -2.50. The lowest BCUT2D eigenvalue weighted by Gasteiger charge is -2.37. The maximum Gasteiger partial charge on any atom is 0.259 e. The molecule has 1 aromatic heterocycles. The molecule has 0 aliphatic carbocycles. The van der Waals surface area contributed by atoms with Crippen LogP contribution in [0.15, 0.2) is 65.5 Å². The van der Waals surface area contributed by atoms with Crippen LogP contribution in [0.3, 0.4) is 0 Å². The van der Waals surface area contributed by atoms with E-state index < -0.39 is 0 Å². The summed E-state index contributed by atoms with van der Waals surface area (Å²) in [5.41, 5.74) is 5.55. The van der Waals surface area contributed by atoms with E-state index in [1.165, 1.54) is 16.8 Å². The van der Waals surface area contributed by atoms with Gasteiger partial charge in [0, 0.05) is 62.5 Å². The van der Waals surface area contributed by atoms with Gasteiger partial charge in [0.2, 0.25) is 0 Å². The molecule has 0 spiro atoms. The molecule has 1 atom stereocenters. The van der Waals surface area contributed by atoms with Crippen LogP contribution in [0.2, 0.25) is 0 Å². The van der Waals surface area contributed by atoms with E-state index in [1.807, 2.05) is 30.0 Å². The van der Waals surface area contributed by atoms with Crippen LogP contribution in [0.25, 0.3) is 0 Å². The maximum atomic E-state index is 13.9. The molecule has 2 fully saturated rings. The summed E-state index contributed by atoms with van der Waals surface area (Å²) >= 11 is 0. The Morgan fingerprint density at radius 2 is 1.68 bits per heavy atom. The van der Waals surface area contributed by atoms with E-state index in [4.69, 9.17) is 4.74 Å². The summed E-state index contributed by atoms with van der Waals surface area (Å²) in [6.07, 6.45) is 3.60. The van der Waals surface area contributed by atoms with E-state index in [2.05, 4.69) is 52.8 Å². The van der Waals surface area contributed by atoms with Gasteiger partial charge in [0.15, 0.2) is 5.43 Å². The summed E-state index contributed by atoms with van der Waals surface area (Å²) in [6, 6.07) is 20.3. The number of hydrogen-bond acceptors (Lipinski definition) is 4. The molecule has 0 radical (unpaired) electrons. The zero-order valence-corrected chi connectivity index (χ0v) is 22.0. The Balaban J connectivity index is 1.42. The lowest BCUT2D eigenvalue weighted by molar-refractivity contribution is 0.0739. The van der Waals surface area contributed by atoms with Crippen molar-refractivity contribution in [2.45, 2.75) is 52.2 Å². The minimum absolute atomic E-state index is 0.122. The maximum absolute atomic E-state index is 13.9. The molecule has 3 aromatic rings. The van der Waals surface area contributed by atoms with E-state index in [0.717, 1.165) is 50.3 Å². The van der Waals surface area contributed by atoms with Crippen molar-refractivity contribution < 1.29 is 9.53 Å². The van der Waals surface area contributed by atoms with Gasteiger partial charge in [0.25, 0.3) is 5.91 Å². The highest BCUT2D eigenvalue weighted by atomic mass is 16.5. The fourth-order valence-electron chi connectivity index (χ4n) is 5.70. The highest BCUT2D eigenvalue weighted by Crippen LogP contribution is 2.23. The quantitative estimate of drug-likeness (QED) is 0.484. The van der Waals surface area contributed by atoms with E-state index in [1.54, 1.807) is 6.07 Å². The van der Waals surface area contributed by atoms with Gasteiger partial charge in [-0.1, -0.05) is 48.5 Å². The van der Waals surface area contributed by atoms with Gasteiger partial charge in [-0.05, 0) is 56.7 Å². The van der Waals surface area contributed by atoms with Gasteiger partial charge in [0.05, 0.1) is 6.10 Å². The lowest BCUT2D eigenvalue weighted by atomic mass is 10.0. The van der Waals surface area contributed by atoms with Gasteiger partial charge in [-0.3, -0.25) is 9.59 Å². The number of para-hydroxylation sites is 1. The molecule has 5 rings (SSSR count). The first-order valence-corrected chi connectivity index (χ1v) is 13.5. The number of pyridine rings is 1. The van der Waals surface area contributed by atoms with Crippen LogP contribution in [-0.4, -0.2) is 54.3 Å². The second-order valence-electron chi connectivity index (χ2n) is 10.3. The molecule has 2 saturated heterocycles. The summed E-state index contributed by atoms with van der Waals surface area (Å²) < 4.78 is 8.12. The van der Waals surface area contributed by atoms with Crippen molar-refractivity contribution in [3.63, 3.8) is 0 Å². The Bertz CT molecular complexity index is 1290. The fourth-order valence-corrected chi connectivity index (χ4v) is 5.70. The zero-order valence-electron chi connectivity index (χ0n) is 22.0.